The van der Waals surface area contributed by atoms with Gasteiger partial charge in [0.2, 0.25) is 5.95 Å². The molecule has 11 heteroatoms. The Hall–Kier alpha value is -3.28. The highest BCUT2D eigenvalue weighted by Crippen LogP contribution is 2.28. The lowest BCUT2D eigenvalue weighted by atomic mass is 10.1. The Morgan fingerprint density at radius 3 is 2.73 bits per heavy atom. The molecule has 4 heterocycles. The van der Waals surface area contributed by atoms with Crippen LogP contribution in [-0.4, -0.2) is 68.2 Å². The monoisotopic (exact) mass is 467 g/mol. The molecule has 1 fully saturated rings. The van der Waals surface area contributed by atoms with Crippen molar-refractivity contribution in [2.24, 2.45) is 7.05 Å². The maximum absolute atomic E-state index is 12.2. The van der Waals surface area contributed by atoms with E-state index in [1.807, 2.05) is 32.3 Å². The summed E-state index contributed by atoms with van der Waals surface area (Å²) >= 11 is 0. The molecule has 0 bridgehead atoms. The SMILES string of the molecule is Cc1nn(-c2ccnc(Nc3ccc4c(c3)c(S(C)(=O)=O)cn4C)n2)cc1CN1CC(O)C1. The maximum atomic E-state index is 12.2. The Kier molecular flexibility index (Phi) is 5.19. The summed E-state index contributed by atoms with van der Waals surface area (Å²) in [6, 6.07) is 7.30. The molecule has 0 saturated carbocycles. The predicted octanol–water partition coefficient (Wildman–Crippen LogP) is 1.79. The molecule has 0 spiro atoms. The van der Waals surface area contributed by atoms with E-state index in [0.29, 0.717) is 35.9 Å². The molecule has 1 aliphatic heterocycles. The molecule has 0 amide bonds. The average Bonchev–Trinajstić information content (AvgIpc) is 3.27. The number of likely N-dealkylation sites (tertiary alicyclic amines) is 1. The summed E-state index contributed by atoms with van der Waals surface area (Å²) in [7, 11) is -1.54. The third kappa shape index (κ3) is 4.22. The summed E-state index contributed by atoms with van der Waals surface area (Å²) in [6.07, 6.45) is 6.19. The van der Waals surface area contributed by atoms with Crippen LogP contribution in [0.4, 0.5) is 11.6 Å². The van der Waals surface area contributed by atoms with E-state index in [0.717, 1.165) is 23.3 Å². The van der Waals surface area contributed by atoms with E-state index in [9.17, 15) is 13.5 Å². The second kappa shape index (κ2) is 7.94. The molecule has 33 heavy (non-hydrogen) atoms. The summed E-state index contributed by atoms with van der Waals surface area (Å²) in [5.74, 6) is 0.993. The van der Waals surface area contributed by atoms with Crippen LogP contribution in [0.5, 0.6) is 0 Å². The van der Waals surface area contributed by atoms with Crippen LogP contribution in [0.2, 0.25) is 0 Å². The van der Waals surface area contributed by atoms with E-state index >= 15 is 0 Å². The number of aromatic nitrogens is 5. The van der Waals surface area contributed by atoms with Crippen molar-refractivity contribution in [3.05, 3.63) is 54.1 Å². The van der Waals surface area contributed by atoms with Gasteiger partial charge in [-0.1, -0.05) is 0 Å². The predicted molar refractivity (Wildman–Crippen MR) is 124 cm³/mol. The fourth-order valence-electron chi connectivity index (χ4n) is 4.08. The topological polar surface area (TPSA) is 118 Å². The van der Waals surface area contributed by atoms with Crippen LogP contribution >= 0.6 is 0 Å². The van der Waals surface area contributed by atoms with E-state index in [4.69, 9.17) is 0 Å². The number of aliphatic hydroxyl groups excluding tert-OH is 1. The van der Waals surface area contributed by atoms with Gasteiger partial charge in [-0.2, -0.15) is 10.1 Å². The van der Waals surface area contributed by atoms with Gasteiger partial charge in [0.25, 0.3) is 0 Å². The Labute approximate surface area is 191 Å². The number of anilines is 2. The zero-order valence-corrected chi connectivity index (χ0v) is 19.4. The second-order valence-electron chi connectivity index (χ2n) is 8.50. The van der Waals surface area contributed by atoms with Crippen molar-refractivity contribution >= 4 is 32.4 Å². The molecule has 3 aromatic heterocycles. The van der Waals surface area contributed by atoms with Crippen molar-refractivity contribution in [1.82, 2.24) is 29.2 Å². The number of aryl methyl sites for hydroxylation is 2. The Morgan fingerprint density at radius 2 is 2.00 bits per heavy atom. The molecule has 172 valence electrons. The van der Waals surface area contributed by atoms with Crippen molar-refractivity contribution in [3.63, 3.8) is 0 Å². The Bertz CT molecular complexity index is 1450. The largest absolute Gasteiger partial charge is 0.390 e. The van der Waals surface area contributed by atoms with Gasteiger partial charge >= 0.3 is 0 Å². The molecular formula is C22H25N7O3S. The summed E-state index contributed by atoms with van der Waals surface area (Å²) < 4.78 is 27.9. The zero-order chi connectivity index (χ0) is 23.3. The molecule has 4 aromatic rings. The molecule has 1 aliphatic rings. The lowest BCUT2D eigenvalue weighted by molar-refractivity contribution is -0.00297. The standard InChI is InChI=1S/C22H25N7O3S/c1-14-15(9-28-11-17(30)12-28)10-29(26-14)21-6-7-23-22(25-21)24-16-4-5-19-18(8-16)20(13-27(19)2)33(3,31)32/h4-8,10,13,17,30H,9,11-12H2,1-3H3,(H,23,24,25). The minimum absolute atomic E-state index is 0.237. The molecule has 1 saturated heterocycles. The van der Waals surface area contributed by atoms with Gasteiger partial charge in [0.15, 0.2) is 15.7 Å². The number of nitrogens with zero attached hydrogens (tertiary/aromatic N) is 6. The highest BCUT2D eigenvalue weighted by molar-refractivity contribution is 7.91. The first kappa shape index (κ1) is 21.6. The quantitative estimate of drug-likeness (QED) is 0.441. The number of sulfone groups is 1. The molecule has 2 N–H and O–H groups in total. The number of fused-ring (bicyclic) bond motifs is 1. The van der Waals surface area contributed by atoms with Crippen LogP contribution in [0.15, 0.2) is 47.8 Å². The zero-order valence-electron chi connectivity index (χ0n) is 18.6. The first-order valence-electron chi connectivity index (χ1n) is 10.5. The molecule has 0 atom stereocenters. The van der Waals surface area contributed by atoms with Crippen molar-refractivity contribution in [1.29, 1.82) is 0 Å². The highest BCUT2D eigenvalue weighted by Gasteiger charge is 2.25. The lowest BCUT2D eigenvalue weighted by Crippen LogP contribution is -2.49. The average molecular weight is 468 g/mol. The van der Waals surface area contributed by atoms with E-state index in [2.05, 4.69) is 25.3 Å². The van der Waals surface area contributed by atoms with Gasteiger partial charge in [-0.25, -0.2) is 18.1 Å². The van der Waals surface area contributed by atoms with Crippen molar-refractivity contribution in [2.75, 3.05) is 24.7 Å². The number of rotatable bonds is 6. The van der Waals surface area contributed by atoms with Crippen LogP contribution in [0.3, 0.4) is 0 Å². The van der Waals surface area contributed by atoms with Crippen molar-refractivity contribution in [2.45, 2.75) is 24.5 Å². The molecule has 0 aliphatic carbocycles. The minimum atomic E-state index is -3.36. The number of hydrogen-bond acceptors (Lipinski definition) is 8. The third-order valence-electron chi connectivity index (χ3n) is 5.82. The minimum Gasteiger partial charge on any atom is -0.390 e. The number of hydrogen-bond donors (Lipinski definition) is 2. The molecule has 0 radical (unpaired) electrons. The maximum Gasteiger partial charge on any atom is 0.229 e. The van der Waals surface area contributed by atoms with Crippen LogP contribution < -0.4 is 5.32 Å². The fourth-order valence-corrected chi connectivity index (χ4v) is 4.99. The summed E-state index contributed by atoms with van der Waals surface area (Å²) in [5, 5.41) is 17.9. The van der Waals surface area contributed by atoms with Crippen molar-refractivity contribution in [3.8, 4) is 5.82 Å². The normalized spacial score (nSPS) is 15.2. The Balaban J connectivity index is 1.41. The molecule has 10 nitrogen and oxygen atoms in total. The first-order chi connectivity index (χ1) is 15.7. The molecule has 0 unspecified atom stereocenters. The van der Waals surface area contributed by atoms with Gasteiger partial charge in [-0.05, 0) is 25.1 Å². The van der Waals surface area contributed by atoms with Crippen LogP contribution in [0.25, 0.3) is 16.7 Å². The number of benzene rings is 1. The van der Waals surface area contributed by atoms with Crippen LogP contribution in [0, 0.1) is 6.92 Å². The summed E-state index contributed by atoms with van der Waals surface area (Å²) in [5.41, 5.74) is 3.50. The van der Waals surface area contributed by atoms with Crippen LogP contribution in [-0.2, 0) is 23.4 Å². The van der Waals surface area contributed by atoms with E-state index in [-0.39, 0.29) is 11.0 Å². The third-order valence-corrected chi connectivity index (χ3v) is 6.94. The number of β-amino-alcohol motifs (C(OH)–C–C–N with tert-alkyl or cyclic N) is 1. The fraction of sp³-hybridized carbons (Fsp3) is 0.318. The lowest BCUT2D eigenvalue weighted by Gasteiger charge is -2.35. The second-order valence-corrected chi connectivity index (χ2v) is 10.5. The number of aliphatic hydroxyl groups is 1. The van der Waals surface area contributed by atoms with Gasteiger partial charge < -0.3 is 15.0 Å². The van der Waals surface area contributed by atoms with Gasteiger partial charge in [0.1, 0.15) is 0 Å². The van der Waals surface area contributed by atoms with E-state index < -0.39 is 9.84 Å². The van der Waals surface area contributed by atoms with Crippen molar-refractivity contribution < 1.29 is 13.5 Å². The summed E-state index contributed by atoms with van der Waals surface area (Å²) in [4.78, 5) is 11.3. The van der Waals surface area contributed by atoms with Gasteiger partial charge in [-0.3, -0.25) is 4.90 Å². The molecule has 1 aromatic carbocycles. The Morgan fingerprint density at radius 1 is 1.21 bits per heavy atom. The first-order valence-corrected chi connectivity index (χ1v) is 12.4. The summed E-state index contributed by atoms with van der Waals surface area (Å²) in [6.45, 7) is 4.05. The van der Waals surface area contributed by atoms with Gasteiger partial charge in [-0.15, -0.1) is 0 Å². The van der Waals surface area contributed by atoms with E-state index in [1.54, 1.807) is 33.8 Å². The number of nitrogens with one attached hydrogen (secondary N) is 1. The van der Waals surface area contributed by atoms with Gasteiger partial charge in [0, 0.05) is 79.7 Å². The molecular weight excluding hydrogens is 442 g/mol. The van der Waals surface area contributed by atoms with E-state index in [1.165, 1.54) is 6.26 Å². The van der Waals surface area contributed by atoms with Crippen LogP contribution in [0.1, 0.15) is 11.3 Å². The highest BCUT2D eigenvalue weighted by atomic mass is 32.2. The smallest absolute Gasteiger partial charge is 0.229 e. The molecule has 5 rings (SSSR count). The van der Waals surface area contributed by atoms with Gasteiger partial charge in [0.05, 0.1) is 16.7 Å².